The number of hydrogen-bond donors (Lipinski definition) is 4. The van der Waals surface area contributed by atoms with Gasteiger partial charge in [0.1, 0.15) is 6.17 Å². The van der Waals surface area contributed by atoms with Gasteiger partial charge in [-0.15, -0.1) is 0 Å². The predicted molar refractivity (Wildman–Crippen MR) is 132 cm³/mol. The highest BCUT2D eigenvalue weighted by molar-refractivity contribution is 5.82. The molecular formula is C26H34N6O2. The lowest BCUT2D eigenvalue weighted by atomic mass is 9.81. The van der Waals surface area contributed by atoms with Crippen LogP contribution in [0.5, 0.6) is 0 Å². The molecule has 1 aliphatic heterocycles. The van der Waals surface area contributed by atoms with Crippen molar-refractivity contribution in [3.8, 4) is 0 Å². The number of carbonyl (C=O) groups is 2. The summed E-state index contributed by atoms with van der Waals surface area (Å²) in [5.41, 5.74) is 8.39. The Hall–Kier alpha value is -3.39. The smallest absolute Gasteiger partial charge is 0.323 e. The molecule has 2 heterocycles. The number of pyridine rings is 1. The van der Waals surface area contributed by atoms with Crippen molar-refractivity contribution >= 4 is 17.6 Å². The van der Waals surface area contributed by atoms with Crippen molar-refractivity contribution in [3.63, 3.8) is 0 Å². The number of rotatable bonds is 7. The fourth-order valence-corrected chi connectivity index (χ4v) is 4.65. The van der Waals surface area contributed by atoms with E-state index in [0.29, 0.717) is 19.0 Å². The minimum Gasteiger partial charge on any atom is -0.361 e. The molecule has 0 bridgehead atoms. The van der Waals surface area contributed by atoms with E-state index in [1.54, 1.807) is 11.1 Å². The summed E-state index contributed by atoms with van der Waals surface area (Å²) in [6, 6.07) is 14.9. The third kappa shape index (κ3) is 5.75. The summed E-state index contributed by atoms with van der Waals surface area (Å²) in [5.74, 6) is 0.570. The van der Waals surface area contributed by atoms with Gasteiger partial charge in [-0.3, -0.25) is 14.7 Å². The second kappa shape index (κ2) is 11.2. The summed E-state index contributed by atoms with van der Waals surface area (Å²) < 4.78 is 0. The van der Waals surface area contributed by atoms with Crippen molar-refractivity contribution in [1.29, 1.82) is 0 Å². The van der Waals surface area contributed by atoms with Gasteiger partial charge < -0.3 is 21.7 Å². The second-order valence-electron chi connectivity index (χ2n) is 9.14. The maximum atomic E-state index is 13.1. The Morgan fingerprint density at radius 3 is 2.53 bits per heavy atom. The van der Waals surface area contributed by atoms with Crippen LogP contribution in [0.2, 0.25) is 0 Å². The molecule has 0 saturated heterocycles. The van der Waals surface area contributed by atoms with Crippen molar-refractivity contribution in [2.24, 2.45) is 17.6 Å². The number of urea groups is 1. The van der Waals surface area contributed by atoms with E-state index in [9.17, 15) is 9.59 Å². The molecule has 34 heavy (non-hydrogen) atoms. The van der Waals surface area contributed by atoms with Crippen LogP contribution in [0, 0.1) is 11.8 Å². The van der Waals surface area contributed by atoms with Crippen molar-refractivity contribution in [2.45, 2.75) is 51.4 Å². The van der Waals surface area contributed by atoms with Crippen molar-refractivity contribution in [2.75, 3.05) is 6.54 Å². The van der Waals surface area contributed by atoms with Gasteiger partial charge in [0, 0.05) is 18.3 Å². The van der Waals surface area contributed by atoms with Gasteiger partial charge in [0.25, 0.3) is 0 Å². The first kappa shape index (κ1) is 23.8. The minimum atomic E-state index is -0.414. The molecule has 2 aromatic rings. The maximum absolute atomic E-state index is 13.1. The number of carbonyl (C=O) groups excluding carboxylic acids is 2. The molecule has 8 heteroatoms. The molecule has 2 atom stereocenters. The molecular weight excluding hydrogens is 428 g/mol. The van der Waals surface area contributed by atoms with Gasteiger partial charge in [0.2, 0.25) is 5.91 Å². The summed E-state index contributed by atoms with van der Waals surface area (Å²) in [6.07, 6.45) is 6.80. The quantitative estimate of drug-likeness (QED) is 0.506. The van der Waals surface area contributed by atoms with E-state index < -0.39 is 6.17 Å². The lowest BCUT2D eigenvalue weighted by Crippen LogP contribution is -2.56. The van der Waals surface area contributed by atoms with Crippen molar-refractivity contribution in [3.05, 3.63) is 72.2 Å². The predicted octanol–water partition coefficient (Wildman–Crippen LogP) is 2.79. The summed E-state index contributed by atoms with van der Waals surface area (Å²) in [5, 5.41) is 9.54. The van der Waals surface area contributed by atoms with Crippen LogP contribution >= 0.6 is 0 Å². The van der Waals surface area contributed by atoms with Gasteiger partial charge in [-0.2, -0.15) is 0 Å². The Labute approximate surface area is 201 Å². The van der Waals surface area contributed by atoms with Gasteiger partial charge in [0.05, 0.1) is 24.0 Å². The zero-order valence-corrected chi connectivity index (χ0v) is 19.6. The molecule has 1 fully saturated rings. The summed E-state index contributed by atoms with van der Waals surface area (Å²) in [7, 11) is 0. The van der Waals surface area contributed by atoms with Gasteiger partial charge in [0.15, 0.2) is 0 Å². The van der Waals surface area contributed by atoms with E-state index in [4.69, 9.17) is 5.73 Å². The maximum Gasteiger partial charge on any atom is 0.323 e. The number of nitrogens with two attached hydrogens (primary N) is 1. The van der Waals surface area contributed by atoms with Crippen LogP contribution in [0.3, 0.4) is 0 Å². The molecule has 1 unspecified atom stereocenters. The monoisotopic (exact) mass is 462 g/mol. The molecule has 4 rings (SSSR count). The Bertz CT molecular complexity index is 989. The van der Waals surface area contributed by atoms with E-state index >= 15 is 0 Å². The molecule has 1 aromatic heterocycles. The largest absolute Gasteiger partial charge is 0.361 e. The van der Waals surface area contributed by atoms with Gasteiger partial charge in [-0.1, -0.05) is 36.4 Å². The normalized spacial score (nSPS) is 22.9. The average molecular weight is 463 g/mol. The van der Waals surface area contributed by atoms with Crippen LogP contribution in [0.25, 0.3) is 5.70 Å². The SMILES string of the molecule is CC(NC(=O)[C@H]1CC[C@H](CN)CC1)[C@H]1NC(c2ccccc2)=CN1C(=O)NCc1ccccn1. The topological polar surface area (TPSA) is 112 Å². The first-order valence-corrected chi connectivity index (χ1v) is 12.1. The van der Waals surface area contributed by atoms with E-state index in [-0.39, 0.29) is 23.9 Å². The number of amides is 3. The van der Waals surface area contributed by atoms with Crippen LogP contribution in [0.1, 0.15) is 43.9 Å². The van der Waals surface area contributed by atoms with E-state index in [1.165, 1.54) is 0 Å². The molecule has 1 saturated carbocycles. The van der Waals surface area contributed by atoms with Crippen molar-refractivity contribution < 1.29 is 9.59 Å². The average Bonchev–Trinajstić information content (AvgIpc) is 3.34. The highest BCUT2D eigenvalue weighted by Gasteiger charge is 2.35. The molecule has 1 aliphatic carbocycles. The van der Waals surface area contributed by atoms with E-state index in [1.807, 2.05) is 61.7 Å². The summed E-state index contributed by atoms with van der Waals surface area (Å²) in [6.45, 7) is 2.94. The van der Waals surface area contributed by atoms with E-state index in [0.717, 1.165) is 42.6 Å². The van der Waals surface area contributed by atoms with Gasteiger partial charge in [-0.25, -0.2) is 4.79 Å². The highest BCUT2D eigenvalue weighted by atomic mass is 16.2. The third-order valence-electron chi connectivity index (χ3n) is 6.73. The lowest BCUT2D eigenvalue weighted by Gasteiger charge is -2.32. The zero-order chi connectivity index (χ0) is 23.9. The molecule has 8 nitrogen and oxygen atoms in total. The Balaban J connectivity index is 1.44. The molecule has 3 amide bonds. The molecule has 5 N–H and O–H groups in total. The van der Waals surface area contributed by atoms with Crippen LogP contribution in [0.15, 0.2) is 60.9 Å². The fraction of sp³-hybridized carbons (Fsp3) is 0.423. The van der Waals surface area contributed by atoms with Gasteiger partial charge in [-0.05, 0) is 62.8 Å². The van der Waals surface area contributed by atoms with E-state index in [2.05, 4.69) is 20.9 Å². The van der Waals surface area contributed by atoms with Crippen molar-refractivity contribution in [1.82, 2.24) is 25.8 Å². The third-order valence-corrected chi connectivity index (χ3v) is 6.73. The highest BCUT2D eigenvalue weighted by Crippen LogP contribution is 2.29. The molecule has 180 valence electrons. The molecule has 1 aromatic carbocycles. The lowest BCUT2D eigenvalue weighted by molar-refractivity contribution is -0.127. The van der Waals surface area contributed by atoms with Gasteiger partial charge >= 0.3 is 6.03 Å². The van der Waals surface area contributed by atoms with Crippen LogP contribution in [-0.2, 0) is 11.3 Å². The van der Waals surface area contributed by atoms with Crippen LogP contribution < -0.4 is 21.7 Å². The van der Waals surface area contributed by atoms with Crippen LogP contribution in [-0.4, -0.2) is 40.6 Å². The number of benzene rings is 1. The number of nitrogens with one attached hydrogen (secondary N) is 3. The molecule has 0 radical (unpaired) electrons. The first-order valence-electron chi connectivity index (χ1n) is 12.1. The molecule has 0 spiro atoms. The van der Waals surface area contributed by atoms with Crippen LogP contribution in [0.4, 0.5) is 4.79 Å². The standard InChI is InChI=1S/C26H34N6O2/c1-18(30-25(33)21-12-10-19(15-27)11-13-21)24-31-23(20-7-3-2-4-8-20)17-32(24)26(34)29-16-22-9-5-6-14-28-22/h2-9,14,17-19,21,24,31H,10-13,15-16,27H2,1H3,(H,29,34)(H,30,33)/t18?,19-,21-,24-/m0/s1. The Morgan fingerprint density at radius 1 is 1.12 bits per heavy atom. The number of aromatic nitrogens is 1. The Morgan fingerprint density at radius 2 is 1.85 bits per heavy atom. The first-order chi connectivity index (χ1) is 16.5. The fourth-order valence-electron chi connectivity index (χ4n) is 4.65. The Kier molecular flexibility index (Phi) is 7.80. The summed E-state index contributed by atoms with van der Waals surface area (Å²) >= 11 is 0. The second-order valence-corrected chi connectivity index (χ2v) is 9.14. The number of hydrogen-bond acceptors (Lipinski definition) is 5. The number of nitrogens with zero attached hydrogens (tertiary/aromatic N) is 2. The molecule has 2 aliphatic rings. The minimum absolute atomic E-state index is 0.000336. The summed E-state index contributed by atoms with van der Waals surface area (Å²) in [4.78, 5) is 32.0. The zero-order valence-electron chi connectivity index (χ0n) is 19.6.